The highest BCUT2D eigenvalue weighted by molar-refractivity contribution is 5.97. The van der Waals surface area contributed by atoms with Crippen LogP contribution in [0.4, 0.5) is 0 Å². The number of benzene rings is 1. The van der Waals surface area contributed by atoms with E-state index in [4.69, 9.17) is 0 Å². The lowest BCUT2D eigenvalue weighted by atomic mass is 9.93. The normalized spacial score (nSPS) is 10.4. The number of methoxy groups -OCH3 is 1. The van der Waals surface area contributed by atoms with Gasteiger partial charge in [-0.25, -0.2) is 0 Å². The number of hydrogen-bond donors (Lipinski definition) is 0. The molecule has 0 fully saturated rings. The average Bonchev–Trinajstić information content (AvgIpc) is 2.38. The van der Waals surface area contributed by atoms with Gasteiger partial charge in [-0.1, -0.05) is 38.1 Å². The first-order valence-electron chi connectivity index (χ1n) is 6.25. The molecule has 0 aliphatic carbocycles. The van der Waals surface area contributed by atoms with Crippen LogP contribution in [0.5, 0.6) is 0 Å². The fourth-order valence-corrected chi connectivity index (χ4v) is 1.88. The van der Waals surface area contributed by atoms with Crippen LogP contribution in [0.3, 0.4) is 0 Å². The number of ether oxygens (including phenoxy) is 1. The highest BCUT2D eigenvalue weighted by atomic mass is 16.5. The maximum absolute atomic E-state index is 12.1. The SMILES string of the molecule is COC(=O)CCCC(=O)c1ccccc1C(C)C. The molecule has 1 aromatic carbocycles. The van der Waals surface area contributed by atoms with Crippen molar-refractivity contribution in [1.29, 1.82) is 0 Å². The standard InChI is InChI=1S/C15H20O3/c1-11(2)12-7-4-5-8-13(12)14(16)9-6-10-15(17)18-3/h4-5,7-8,11H,6,9-10H2,1-3H3. The van der Waals surface area contributed by atoms with Gasteiger partial charge in [0.2, 0.25) is 0 Å². The molecule has 18 heavy (non-hydrogen) atoms. The monoisotopic (exact) mass is 248 g/mol. The molecule has 3 heteroatoms. The summed E-state index contributed by atoms with van der Waals surface area (Å²) < 4.78 is 4.55. The van der Waals surface area contributed by atoms with E-state index in [1.54, 1.807) is 0 Å². The van der Waals surface area contributed by atoms with Crippen LogP contribution in [0.25, 0.3) is 0 Å². The van der Waals surface area contributed by atoms with E-state index in [0.29, 0.717) is 25.2 Å². The molecule has 0 spiro atoms. The molecule has 0 aromatic heterocycles. The molecule has 1 rings (SSSR count). The van der Waals surface area contributed by atoms with Gasteiger partial charge in [0.1, 0.15) is 0 Å². The van der Waals surface area contributed by atoms with E-state index in [9.17, 15) is 9.59 Å². The first-order chi connectivity index (χ1) is 8.56. The van der Waals surface area contributed by atoms with E-state index >= 15 is 0 Å². The highest BCUT2D eigenvalue weighted by Gasteiger charge is 2.13. The number of carbonyl (C=O) groups is 2. The molecule has 0 unspecified atom stereocenters. The maximum atomic E-state index is 12.1. The second-order valence-corrected chi connectivity index (χ2v) is 4.59. The zero-order valence-corrected chi connectivity index (χ0v) is 11.2. The van der Waals surface area contributed by atoms with E-state index in [0.717, 1.165) is 11.1 Å². The van der Waals surface area contributed by atoms with E-state index in [-0.39, 0.29) is 11.8 Å². The van der Waals surface area contributed by atoms with Crippen LogP contribution in [0, 0.1) is 0 Å². The number of hydrogen-bond acceptors (Lipinski definition) is 3. The summed E-state index contributed by atoms with van der Waals surface area (Å²) in [6, 6.07) is 7.66. The minimum Gasteiger partial charge on any atom is -0.469 e. The fourth-order valence-electron chi connectivity index (χ4n) is 1.88. The fraction of sp³-hybridized carbons (Fsp3) is 0.467. The summed E-state index contributed by atoms with van der Waals surface area (Å²) in [7, 11) is 1.36. The van der Waals surface area contributed by atoms with Crippen molar-refractivity contribution in [2.24, 2.45) is 0 Å². The molecule has 3 nitrogen and oxygen atoms in total. The number of carbonyl (C=O) groups excluding carboxylic acids is 2. The number of ketones is 1. The Morgan fingerprint density at radius 2 is 1.83 bits per heavy atom. The summed E-state index contributed by atoms with van der Waals surface area (Å²) in [5, 5.41) is 0. The van der Waals surface area contributed by atoms with E-state index < -0.39 is 0 Å². The van der Waals surface area contributed by atoms with Gasteiger partial charge in [0.25, 0.3) is 0 Å². The minimum absolute atomic E-state index is 0.100. The van der Waals surface area contributed by atoms with Crippen molar-refractivity contribution in [3.05, 3.63) is 35.4 Å². The molecule has 0 saturated heterocycles. The second kappa shape index (κ2) is 6.94. The Bertz CT molecular complexity index is 422. The predicted octanol–water partition coefficient (Wildman–Crippen LogP) is 3.34. The van der Waals surface area contributed by atoms with Gasteiger partial charge in [0.05, 0.1) is 7.11 Å². The zero-order valence-electron chi connectivity index (χ0n) is 11.2. The third kappa shape index (κ3) is 3.99. The summed E-state index contributed by atoms with van der Waals surface area (Å²) >= 11 is 0. The van der Waals surface area contributed by atoms with Crippen LogP contribution in [-0.4, -0.2) is 18.9 Å². The van der Waals surface area contributed by atoms with Crippen LogP contribution in [0.1, 0.15) is 54.9 Å². The van der Waals surface area contributed by atoms with Gasteiger partial charge in [-0.05, 0) is 17.9 Å². The first-order valence-corrected chi connectivity index (χ1v) is 6.25. The third-order valence-electron chi connectivity index (χ3n) is 2.90. The van der Waals surface area contributed by atoms with Gasteiger partial charge in [-0.3, -0.25) is 9.59 Å². The lowest BCUT2D eigenvalue weighted by Crippen LogP contribution is -2.07. The topological polar surface area (TPSA) is 43.4 Å². The van der Waals surface area contributed by atoms with Crippen LogP contribution in [0.15, 0.2) is 24.3 Å². The summed E-state index contributed by atoms with van der Waals surface area (Å²) in [6.07, 6.45) is 1.23. The summed E-state index contributed by atoms with van der Waals surface area (Å²) in [5.74, 6) is 0.161. The molecular weight excluding hydrogens is 228 g/mol. The second-order valence-electron chi connectivity index (χ2n) is 4.59. The van der Waals surface area contributed by atoms with E-state index in [2.05, 4.69) is 18.6 Å². The van der Waals surface area contributed by atoms with Gasteiger partial charge in [-0.2, -0.15) is 0 Å². The van der Waals surface area contributed by atoms with Gasteiger partial charge in [0, 0.05) is 18.4 Å². The molecule has 98 valence electrons. The summed E-state index contributed by atoms with van der Waals surface area (Å²) in [4.78, 5) is 23.1. The molecule has 0 radical (unpaired) electrons. The Kier molecular flexibility index (Phi) is 5.56. The molecular formula is C15H20O3. The van der Waals surface area contributed by atoms with Crippen LogP contribution < -0.4 is 0 Å². The number of rotatable bonds is 6. The van der Waals surface area contributed by atoms with Crippen molar-refractivity contribution < 1.29 is 14.3 Å². The van der Waals surface area contributed by atoms with Gasteiger partial charge in [0.15, 0.2) is 5.78 Å². The number of esters is 1. The molecule has 0 aliphatic heterocycles. The average molecular weight is 248 g/mol. The highest BCUT2D eigenvalue weighted by Crippen LogP contribution is 2.21. The third-order valence-corrected chi connectivity index (χ3v) is 2.90. The van der Waals surface area contributed by atoms with Crippen molar-refractivity contribution in [3.8, 4) is 0 Å². The maximum Gasteiger partial charge on any atom is 0.305 e. The van der Waals surface area contributed by atoms with Gasteiger partial charge < -0.3 is 4.74 Å². The van der Waals surface area contributed by atoms with Crippen LogP contribution in [-0.2, 0) is 9.53 Å². The molecule has 0 amide bonds. The lowest BCUT2D eigenvalue weighted by molar-refractivity contribution is -0.140. The molecule has 0 saturated carbocycles. The molecule has 0 heterocycles. The minimum atomic E-state index is -0.264. The van der Waals surface area contributed by atoms with E-state index in [1.807, 2.05) is 24.3 Å². The van der Waals surface area contributed by atoms with Gasteiger partial charge >= 0.3 is 5.97 Å². The molecule has 0 aliphatic rings. The lowest BCUT2D eigenvalue weighted by Gasteiger charge is -2.11. The smallest absolute Gasteiger partial charge is 0.305 e. The Morgan fingerprint density at radius 3 is 2.44 bits per heavy atom. The van der Waals surface area contributed by atoms with E-state index in [1.165, 1.54) is 7.11 Å². The number of Topliss-reactive ketones (excluding diaryl/α,β-unsaturated/α-hetero) is 1. The van der Waals surface area contributed by atoms with Crippen molar-refractivity contribution in [3.63, 3.8) is 0 Å². The molecule has 1 aromatic rings. The Morgan fingerprint density at radius 1 is 1.17 bits per heavy atom. The van der Waals surface area contributed by atoms with Crippen molar-refractivity contribution >= 4 is 11.8 Å². The quantitative estimate of drug-likeness (QED) is 0.573. The van der Waals surface area contributed by atoms with Crippen molar-refractivity contribution in [2.45, 2.75) is 39.0 Å². The van der Waals surface area contributed by atoms with Crippen molar-refractivity contribution in [1.82, 2.24) is 0 Å². The largest absolute Gasteiger partial charge is 0.469 e. The molecule has 0 bridgehead atoms. The summed E-state index contributed by atoms with van der Waals surface area (Å²) in [6.45, 7) is 4.14. The Labute approximate surface area is 108 Å². The predicted molar refractivity (Wildman–Crippen MR) is 70.7 cm³/mol. The molecule has 0 N–H and O–H groups in total. The zero-order chi connectivity index (χ0) is 13.5. The van der Waals surface area contributed by atoms with Crippen LogP contribution >= 0.6 is 0 Å². The van der Waals surface area contributed by atoms with Crippen molar-refractivity contribution in [2.75, 3.05) is 7.11 Å². The van der Waals surface area contributed by atoms with Gasteiger partial charge in [-0.15, -0.1) is 0 Å². The Hall–Kier alpha value is -1.64. The Balaban J connectivity index is 2.64. The molecule has 0 atom stereocenters. The summed E-state index contributed by atoms with van der Waals surface area (Å²) in [5.41, 5.74) is 1.85. The first kappa shape index (κ1) is 14.4. The van der Waals surface area contributed by atoms with Crippen LogP contribution in [0.2, 0.25) is 0 Å².